The van der Waals surface area contributed by atoms with Gasteiger partial charge in [-0.05, 0) is 18.7 Å². The van der Waals surface area contributed by atoms with Crippen LogP contribution in [0.25, 0.3) is 0 Å². The summed E-state index contributed by atoms with van der Waals surface area (Å²) in [6, 6.07) is 0. The lowest BCUT2D eigenvalue weighted by Crippen LogP contribution is -2.18. The minimum Gasteiger partial charge on any atom is -0.481 e. The smallest absolute Gasteiger partial charge is 0.306 e. The average Bonchev–Trinajstić information content (AvgIpc) is 2.11. The molecule has 0 saturated carbocycles. The lowest BCUT2D eigenvalue weighted by atomic mass is 10.1. The van der Waals surface area contributed by atoms with E-state index in [1.54, 1.807) is 0 Å². The van der Waals surface area contributed by atoms with Crippen molar-refractivity contribution in [1.29, 1.82) is 0 Å². The van der Waals surface area contributed by atoms with E-state index in [4.69, 9.17) is 22.0 Å². The number of hydrogen-bond donors (Lipinski definition) is 2. The summed E-state index contributed by atoms with van der Waals surface area (Å²) in [4.78, 5) is 21.2. The van der Waals surface area contributed by atoms with Crippen LogP contribution in [-0.2, 0) is 21.4 Å². The summed E-state index contributed by atoms with van der Waals surface area (Å²) in [7, 11) is 0. The Balaban J connectivity index is 4.10. The normalized spacial score (nSPS) is 14.5. The van der Waals surface area contributed by atoms with Crippen molar-refractivity contribution in [2.45, 2.75) is 26.2 Å². The number of carboxylic acid groups (broad SMARTS) is 2. The zero-order valence-electron chi connectivity index (χ0n) is 8.73. The molecule has 0 saturated heterocycles. The van der Waals surface area contributed by atoms with Gasteiger partial charge in [0.25, 0.3) is 0 Å². The minimum atomic E-state index is -1.02. The fourth-order valence-electron chi connectivity index (χ4n) is 1.27. The molecule has 2 atom stereocenters. The van der Waals surface area contributed by atoms with Gasteiger partial charge in [0.2, 0.25) is 0 Å². The second-order valence-electron chi connectivity index (χ2n) is 3.46. The number of rotatable bonds is 8. The van der Waals surface area contributed by atoms with E-state index in [9.17, 15) is 9.59 Å². The maximum Gasteiger partial charge on any atom is 0.306 e. The van der Waals surface area contributed by atoms with Crippen LogP contribution in [0.5, 0.6) is 0 Å². The second-order valence-corrected chi connectivity index (χ2v) is 7.18. The summed E-state index contributed by atoms with van der Waals surface area (Å²) in [5.41, 5.74) is 0. The predicted molar refractivity (Wildman–Crippen MR) is 63.7 cm³/mol. The Kier molecular flexibility index (Phi) is 7.61. The molecule has 2 N–H and O–H groups in total. The molecule has 0 fully saturated rings. The van der Waals surface area contributed by atoms with Crippen LogP contribution in [0.3, 0.4) is 0 Å². The van der Waals surface area contributed by atoms with Gasteiger partial charge in [-0.2, -0.15) is 0 Å². The standard InChI is InChI=1S/C9H17O4PS/c1-2-5-14(15)6-7(9(12)13)3-4-8(10)11/h7,14H,2-6H2,1H3,(H,10,11)(H,12,13). The molecule has 0 aromatic carbocycles. The van der Waals surface area contributed by atoms with E-state index in [1.807, 2.05) is 6.92 Å². The van der Waals surface area contributed by atoms with E-state index in [2.05, 4.69) is 0 Å². The minimum absolute atomic E-state index is 0.0897. The van der Waals surface area contributed by atoms with Gasteiger partial charge in [0.15, 0.2) is 0 Å². The van der Waals surface area contributed by atoms with Crippen LogP contribution in [0, 0.1) is 5.92 Å². The van der Waals surface area contributed by atoms with Gasteiger partial charge < -0.3 is 10.2 Å². The third-order valence-electron chi connectivity index (χ3n) is 2.06. The van der Waals surface area contributed by atoms with Crippen LogP contribution in [0.1, 0.15) is 26.2 Å². The van der Waals surface area contributed by atoms with Crippen LogP contribution in [0.2, 0.25) is 0 Å². The van der Waals surface area contributed by atoms with Crippen molar-refractivity contribution in [2.75, 3.05) is 12.3 Å². The highest BCUT2D eigenvalue weighted by Gasteiger charge is 2.19. The Bertz CT molecular complexity index is 254. The first kappa shape index (κ1) is 14.6. The molecule has 0 bridgehead atoms. The molecule has 0 heterocycles. The first-order chi connectivity index (χ1) is 6.97. The van der Waals surface area contributed by atoms with Crippen LogP contribution in [-0.4, -0.2) is 34.5 Å². The molecule has 0 aliphatic carbocycles. The number of hydrogen-bond acceptors (Lipinski definition) is 3. The van der Waals surface area contributed by atoms with Gasteiger partial charge in [-0.1, -0.05) is 20.0 Å². The third kappa shape index (κ3) is 7.51. The largest absolute Gasteiger partial charge is 0.481 e. The zero-order valence-corrected chi connectivity index (χ0v) is 10.5. The zero-order chi connectivity index (χ0) is 11.8. The quantitative estimate of drug-likeness (QED) is 0.642. The molecule has 0 spiro atoms. The fraction of sp³-hybridized carbons (Fsp3) is 0.778. The van der Waals surface area contributed by atoms with Crippen molar-refractivity contribution >= 4 is 30.4 Å². The van der Waals surface area contributed by atoms with Gasteiger partial charge in [-0.15, -0.1) is 11.8 Å². The van der Waals surface area contributed by atoms with Gasteiger partial charge in [0.1, 0.15) is 0 Å². The molecule has 6 heteroatoms. The van der Waals surface area contributed by atoms with Crippen molar-refractivity contribution in [1.82, 2.24) is 0 Å². The van der Waals surface area contributed by atoms with Crippen molar-refractivity contribution in [2.24, 2.45) is 5.92 Å². The molecule has 88 valence electrons. The van der Waals surface area contributed by atoms with Gasteiger partial charge in [0, 0.05) is 6.42 Å². The summed E-state index contributed by atoms with van der Waals surface area (Å²) < 4.78 is 0. The molecule has 0 aliphatic rings. The molecular weight excluding hydrogens is 235 g/mol. The Morgan fingerprint density at radius 1 is 1.40 bits per heavy atom. The summed E-state index contributed by atoms with van der Waals surface area (Å²) >= 11 is 5.20. The van der Waals surface area contributed by atoms with Gasteiger partial charge in [-0.3, -0.25) is 9.59 Å². The summed E-state index contributed by atoms with van der Waals surface area (Å²) in [5, 5.41) is 17.4. The Labute approximate surface area is 95.1 Å². The molecule has 4 nitrogen and oxygen atoms in total. The molecule has 0 radical (unpaired) electrons. The molecular formula is C9H17O4PS. The highest BCUT2D eigenvalue weighted by atomic mass is 32.4. The maximum absolute atomic E-state index is 10.8. The molecule has 0 rings (SSSR count). The molecule has 0 amide bonds. The SMILES string of the molecule is CCC[PH](=S)CC(CCC(=O)O)C(=O)O. The van der Waals surface area contributed by atoms with Gasteiger partial charge in [0.05, 0.1) is 5.92 Å². The van der Waals surface area contributed by atoms with Crippen LogP contribution >= 0.6 is 6.70 Å². The van der Waals surface area contributed by atoms with E-state index in [1.165, 1.54) is 0 Å². The van der Waals surface area contributed by atoms with E-state index < -0.39 is 24.6 Å². The van der Waals surface area contributed by atoms with E-state index >= 15 is 0 Å². The highest BCUT2D eigenvalue weighted by molar-refractivity contribution is 8.05. The van der Waals surface area contributed by atoms with Crippen molar-refractivity contribution in [3.8, 4) is 0 Å². The number of carboxylic acids is 2. The topological polar surface area (TPSA) is 74.6 Å². The van der Waals surface area contributed by atoms with Crippen LogP contribution < -0.4 is 0 Å². The first-order valence-electron chi connectivity index (χ1n) is 4.93. The van der Waals surface area contributed by atoms with Crippen LogP contribution in [0.15, 0.2) is 0 Å². The second kappa shape index (κ2) is 7.83. The summed E-state index contributed by atoms with van der Waals surface area (Å²) in [6.07, 6.45) is 2.49. The van der Waals surface area contributed by atoms with E-state index in [-0.39, 0.29) is 12.8 Å². The van der Waals surface area contributed by atoms with E-state index in [0.29, 0.717) is 6.16 Å². The molecule has 0 aromatic heterocycles. The summed E-state index contributed by atoms with van der Waals surface area (Å²) in [6.45, 7) is 0.996. The maximum atomic E-state index is 10.8. The highest BCUT2D eigenvalue weighted by Crippen LogP contribution is 2.27. The van der Waals surface area contributed by atoms with Gasteiger partial charge >= 0.3 is 11.9 Å². The average molecular weight is 252 g/mol. The van der Waals surface area contributed by atoms with Gasteiger partial charge in [-0.25, -0.2) is 0 Å². The Morgan fingerprint density at radius 3 is 2.40 bits per heavy atom. The molecule has 0 aliphatic heterocycles. The monoisotopic (exact) mass is 252 g/mol. The molecule has 15 heavy (non-hydrogen) atoms. The Morgan fingerprint density at radius 2 is 2.00 bits per heavy atom. The summed E-state index contributed by atoms with van der Waals surface area (Å²) in [5.74, 6) is -2.44. The third-order valence-corrected chi connectivity index (χ3v) is 5.18. The lowest BCUT2D eigenvalue weighted by molar-refractivity contribution is -0.142. The predicted octanol–water partition coefficient (Wildman–Crippen LogP) is 1.64. The van der Waals surface area contributed by atoms with Crippen molar-refractivity contribution < 1.29 is 19.8 Å². The number of aliphatic carboxylic acids is 2. The van der Waals surface area contributed by atoms with Crippen molar-refractivity contribution in [3.05, 3.63) is 0 Å². The number of carbonyl (C=O) groups is 2. The van der Waals surface area contributed by atoms with Crippen LogP contribution in [0.4, 0.5) is 0 Å². The lowest BCUT2D eigenvalue weighted by Gasteiger charge is -2.11. The molecule has 2 unspecified atom stereocenters. The molecule has 0 aromatic rings. The van der Waals surface area contributed by atoms with E-state index in [0.717, 1.165) is 12.6 Å². The first-order valence-corrected chi connectivity index (χ1v) is 7.98. The van der Waals surface area contributed by atoms with Crippen molar-refractivity contribution in [3.63, 3.8) is 0 Å². The Hall–Kier alpha value is -0.410. The fourth-order valence-corrected chi connectivity index (χ4v) is 4.17.